The summed E-state index contributed by atoms with van der Waals surface area (Å²) in [6.07, 6.45) is 1.02. The zero-order valence-corrected chi connectivity index (χ0v) is 18.4. The van der Waals surface area contributed by atoms with E-state index in [1.54, 1.807) is 44.2 Å². The van der Waals surface area contributed by atoms with Crippen LogP contribution < -0.4 is 9.62 Å². The van der Waals surface area contributed by atoms with Gasteiger partial charge >= 0.3 is 5.97 Å². The number of carbonyl (C=O) groups excluding carboxylic acids is 2. The summed E-state index contributed by atoms with van der Waals surface area (Å²) in [5.74, 6) is -1.09. The lowest BCUT2D eigenvalue weighted by Crippen LogP contribution is -2.45. The average Bonchev–Trinajstić information content (AvgIpc) is 2.64. The number of halogens is 1. The summed E-state index contributed by atoms with van der Waals surface area (Å²) in [5.41, 5.74) is 2.29. The number of nitrogens with zero attached hydrogens (tertiary/aromatic N) is 1. The summed E-state index contributed by atoms with van der Waals surface area (Å²) in [5, 5.41) is 3.09. The van der Waals surface area contributed by atoms with Gasteiger partial charge in [0.15, 0.2) is 0 Å². The molecular weight excluding hydrogens is 416 g/mol. The van der Waals surface area contributed by atoms with Crippen molar-refractivity contribution in [1.29, 1.82) is 0 Å². The Hall–Kier alpha value is -2.58. The molecule has 0 aliphatic heterocycles. The van der Waals surface area contributed by atoms with Crippen molar-refractivity contribution in [3.05, 3.63) is 58.1 Å². The van der Waals surface area contributed by atoms with Crippen molar-refractivity contribution >= 4 is 44.9 Å². The average molecular weight is 439 g/mol. The van der Waals surface area contributed by atoms with Crippen molar-refractivity contribution in [1.82, 2.24) is 0 Å². The molecule has 0 aliphatic rings. The fourth-order valence-corrected chi connectivity index (χ4v) is 4.21. The van der Waals surface area contributed by atoms with Crippen LogP contribution in [-0.2, 0) is 19.6 Å². The van der Waals surface area contributed by atoms with Crippen molar-refractivity contribution < 1.29 is 22.7 Å². The van der Waals surface area contributed by atoms with Gasteiger partial charge in [-0.1, -0.05) is 23.7 Å². The number of methoxy groups -OCH3 is 1. The highest BCUT2D eigenvalue weighted by molar-refractivity contribution is 7.92. The van der Waals surface area contributed by atoms with Crippen molar-refractivity contribution in [2.24, 2.45) is 0 Å². The number of rotatable bonds is 6. The van der Waals surface area contributed by atoms with Crippen molar-refractivity contribution in [2.45, 2.75) is 26.8 Å². The van der Waals surface area contributed by atoms with E-state index in [4.69, 9.17) is 16.3 Å². The Balaban J connectivity index is 2.38. The molecule has 0 aliphatic carbocycles. The Bertz CT molecular complexity index is 1050. The lowest BCUT2D eigenvalue weighted by Gasteiger charge is -2.28. The van der Waals surface area contributed by atoms with Crippen LogP contribution in [0.4, 0.5) is 11.4 Å². The quantitative estimate of drug-likeness (QED) is 0.696. The zero-order chi connectivity index (χ0) is 21.9. The second kappa shape index (κ2) is 8.84. The highest BCUT2D eigenvalue weighted by Crippen LogP contribution is 2.27. The molecule has 2 aromatic rings. The van der Waals surface area contributed by atoms with Crippen LogP contribution >= 0.6 is 11.6 Å². The first-order valence-electron chi connectivity index (χ1n) is 8.71. The van der Waals surface area contributed by atoms with Gasteiger partial charge in [-0.15, -0.1) is 0 Å². The van der Waals surface area contributed by atoms with E-state index in [0.29, 0.717) is 21.8 Å². The van der Waals surface area contributed by atoms with Gasteiger partial charge in [-0.25, -0.2) is 13.2 Å². The van der Waals surface area contributed by atoms with Crippen LogP contribution in [0.2, 0.25) is 5.02 Å². The Kier molecular flexibility index (Phi) is 6.92. The molecule has 1 N–H and O–H groups in total. The molecule has 1 atom stereocenters. The van der Waals surface area contributed by atoms with Crippen LogP contribution in [0.1, 0.15) is 28.4 Å². The molecule has 156 valence electrons. The number of hydrogen-bond acceptors (Lipinski definition) is 5. The molecule has 9 heteroatoms. The van der Waals surface area contributed by atoms with Gasteiger partial charge in [0.05, 0.1) is 24.6 Å². The maximum Gasteiger partial charge on any atom is 0.338 e. The van der Waals surface area contributed by atoms with Crippen LogP contribution in [0.15, 0.2) is 36.4 Å². The number of anilines is 2. The van der Waals surface area contributed by atoms with E-state index in [9.17, 15) is 18.0 Å². The Morgan fingerprint density at radius 1 is 1.17 bits per heavy atom. The lowest BCUT2D eigenvalue weighted by molar-refractivity contribution is -0.116. The number of ether oxygens (including phenoxy) is 1. The molecule has 1 amide bonds. The molecule has 0 bridgehead atoms. The Labute approximate surface area is 175 Å². The van der Waals surface area contributed by atoms with E-state index in [-0.39, 0.29) is 5.69 Å². The van der Waals surface area contributed by atoms with Gasteiger partial charge in [0, 0.05) is 10.7 Å². The monoisotopic (exact) mass is 438 g/mol. The van der Waals surface area contributed by atoms with Gasteiger partial charge in [-0.05, 0) is 56.2 Å². The molecule has 2 rings (SSSR count). The molecule has 0 fully saturated rings. The summed E-state index contributed by atoms with van der Waals surface area (Å²) in [6.45, 7) is 4.94. The number of amides is 1. The third-order valence-corrected chi connectivity index (χ3v) is 6.14. The standard InChI is InChI=1S/C20H23ClN2O5S/c1-12-9-10-15(11-17(12)21)23(29(5,26)27)14(3)19(24)22-18-8-6-7-16(13(18)2)20(25)28-4/h6-11,14H,1-5H3,(H,22,24)/t14-/m0/s1. The van der Waals surface area contributed by atoms with Crippen LogP contribution in [0.25, 0.3) is 0 Å². The van der Waals surface area contributed by atoms with Gasteiger partial charge in [-0.2, -0.15) is 0 Å². The molecule has 2 aromatic carbocycles. The minimum atomic E-state index is -3.78. The highest BCUT2D eigenvalue weighted by atomic mass is 35.5. The number of sulfonamides is 1. The minimum Gasteiger partial charge on any atom is -0.465 e. The van der Waals surface area contributed by atoms with Gasteiger partial charge < -0.3 is 10.1 Å². The Morgan fingerprint density at radius 3 is 2.38 bits per heavy atom. The fourth-order valence-electron chi connectivity index (χ4n) is 2.87. The number of esters is 1. The first kappa shape index (κ1) is 22.7. The highest BCUT2D eigenvalue weighted by Gasteiger charge is 2.30. The van der Waals surface area contributed by atoms with Gasteiger partial charge in [0.2, 0.25) is 15.9 Å². The Morgan fingerprint density at radius 2 is 1.83 bits per heavy atom. The topological polar surface area (TPSA) is 92.8 Å². The predicted molar refractivity (Wildman–Crippen MR) is 114 cm³/mol. The number of aryl methyl sites for hydroxylation is 1. The summed E-state index contributed by atoms with van der Waals surface area (Å²) in [6, 6.07) is 8.53. The molecule has 7 nitrogen and oxygen atoms in total. The number of nitrogens with one attached hydrogen (secondary N) is 1. The molecule has 0 saturated carbocycles. The van der Waals surface area contributed by atoms with E-state index in [2.05, 4.69) is 5.32 Å². The first-order chi connectivity index (χ1) is 13.5. The van der Waals surface area contributed by atoms with Crippen molar-refractivity contribution in [3.8, 4) is 0 Å². The van der Waals surface area contributed by atoms with E-state index >= 15 is 0 Å². The van der Waals surface area contributed by atoms with E-state index < -0.39 is 27.9 Å². The fraction of sp³-hybridized carbons (Fsp3) is 0.300. The van der Waals surface area contributed by atoms with Crippen LogP contribution in [0.3, 0.4) is 0 Å². The third kappa shape index (κ3) is 5.07. The molecule has 0 heterocycles. The molecule has 0 saturated heterocycles. The molecular formula is C20H23ClN2O5S. The van der Waals surface area contributed by atoms with Crippen LogP contribution in [0, 0.1) is 13.8 Å². The molecule has 0 aromatic heterocycles. The van der Waals surface area contributed by atoms with Crippen molar-refractivity contribution in [2.75, 3.05) is 23.0 Å². The summed E-state index contributed by atoms with van der Waals surface area (Å²) in [7, 11) is -2.51. The summed E-state index contributed by atoms with van der Waals surface area (Å²) >= 11 is 6.14. The predicted octanol–water partition coefficient (Wildman–Crippen LogP) is 3.54. The lowest BCUT2D eigenvalue weighted by atomic mass is 10.1. The van der Waals surface area contributed by atoms with Gasteiger partial charge in [0.25, 0.3) is 0 Å². The molecule has 0 radical (unpaired) electrons. The zero-order valence-electron chi connectivity index (χ0n) is 16.8. The van der Waals surface area contributed by atoms with E-state index in [1.165, 1.54) is 20.1 Å². The summed E-state index contributed by atoms with van der Waals surface area (Å²) < 4.78 is 30.6. The van der Waals surface area contributed by atoms with Gasteiger partial charge in [-0.3, -0.25) is 9.10 Å². The number of benzene rings is 2. The molecule has 0 unspecified atom stereocenters. The third-order valence-electron chi connectivity index (χ3n) is 4.50. The number of carbonyl (C=O) groups is 2. The second-order valence-electron chi connectivity index (χ2n) is 6.63. The second-order valence-corrected chi connectivity index (χ2v) is 8.89. The van der Waals surface area contributed by atoms with Gasteiger partial charge in [0.1, 0.15) is 6.04 Å². The maximum atomic E-state index is 12.9. The maximum absolute atomic E-state index is 12.9. The van der Waals surface area contributed by atoms with E-state index in [1.807, 2.05) is 0 Å². The smallest absolute Gasteiger partial charge is 0.338 e. The van der Waals surface area contributed by atoms with Crippen LogP contribution in [-0.4, -0.2) is 39.7 Å². The molecule has 29 heavy (non-hydrogen) atoms. The molecule has 0 spiro atoms. The van der Waals surface area contributed by atoms with E-state index in [0.717, 1.165) is 16.1 Å². The normalized spacial score (nSPS) is 12.2. The largest absolute Gasteiger partial charge is 0.465 e. The number of hydrogen-bond donors (Lipinski definition) is 1. The first-order valence-corrected chi connectivity index (χ1v) is 10.9. The summed E-state index contributed by atoms with van der Waals surface area (Å²) in [4.78, 5) is 24.7. The SMILES string of the molecule is COC(=O)c1cccc(NC(=O)[C@H](C)N(c2ccc(C)c(Cl)c2)S(C)(=O)=O)c1C. The van der Waals surface area contributed by atoms with Crippen molar-refractivity contribution in [3.63, 3.8) is 0 Å². The minimum absolute atomic E-state index is 0.283. The van der Waals surface area contributed by atoms with Crippen LogP contribution in [0.5, 0.6) is 0 Å².